The van der Waals surface area contributed by atoms with E-state index >= 15 is 0 Å². The van der Waals surface area contributed by atoms with Gasteiger partial charge in [-0.3, -0.25) is 4.98 Å². The first-order chi connectivity index (χ1) is 12.1. The van der Waals surface area contributed by atoms with Crippen molar-refractivity contribution in [1.82, 2.24) is 10.3 Å². The lowest BCUT2D eigenvalue weighted by Gasteiger charge is -2.29. The topological polar surface area (TPSA) is 57.3 Å². The Morgan fingerprint density at radius 1 is 1.24 bits per heavy atom. The minimum Gasteiger partial charge on any atom is -0.369 e. The van der Waals surface area contributed by atoms with Crippen LogP contribution < -0.4 is 15.5 Å². The number of hydrogen-bond acceptors (Lipinski definition) is 4. The third kappa shape index (κ3) is 4.80. The summed E-state index contributed by atoms with van der Waals surface area (Å²) in [7, 11) is 0. The quantitative estimate of drug-likeness (QED) is 0.840. The van der Waals surface area contributed by atoms with E-state index in [1.807, 2.05) is 43.0 Å². The maximum absolute atomic E-state index is 12.2. The summed E-state index contributed by atoms with van der Waals surface area (Å²) in [6.07, 6.45) is 3.42. The Morgan fingerprint density at radius 2 is 1.96 bits per heavy atom. The Labute approximate surface area is 157 Å². The van der Waals surface area contributed by atoms with Gasteiger partial charge in [-0.2, -0.15) is 11.8 Å². The molecule has 25 heavy (non-hydrogen) atoms. The number of benzene rings is 1. The highest BCUT2D eigenvalue weighted by Gasteiger charge is 2.15. The molecule has 1 aromatic carbocycles. The summed E-state index contributed by atoms with van der Waals surface area (Å²) < 4.78 is 0. The van der Waals surface area contributed by atoms with Crippen LogP contribution in [0.5, 0.6) is 0 Å². The highest BCUT2D eigenvalue weighted by atomic mass is 35.5. The van der Waals surface area contributed by atoms with Crippen LogP contribution in [0.1, 0.15) is 18.5 Å². The molecule has 3 rings (SSSR count). The van der Waals surface area contributed by atoms with E-state index in [0.717, 1.165) is 35.8 Å². The molecule has 1 aliphatic rings. The van der Waals surface area contributed by atoms with Gasteiger partial charge in [0.1, 0.15) is 0 Å². The molecule has 0 radical (unpaired) electrons. The van der Waals surface area contributed by atoms with E-state index in [1.54, 1.807) is 18.5 Å². The number of nitrogens with one attached hydrogen (secondary N) is 2. The Kier molecular flexibility index (Phi) is 6.04. The van der Waals surface area contributed by atoms with Gasteiger partial charge in [0.2, 0.25) is 0 Å². The minimum atomic E-state index is -0.262. The van der Waals surface area contributed by atoms with Crippen molar-refractivity contribution in [3.05, 3.63) is 53.3 Å². The first kappa shape index (κ1) is 17.9. The van der Waals surface area contributed by atoms with Crippen LogP contribution >= 0.6 is 23.4 Å². The minimum absolute atomic E-state index is 0.108. The van der Waals surface area contributed by atoms with Crippen molar-refractivity contribution < 1.29 is 4.79 Å². The number of thioether (sulfide) groups is 1. The fourth-order valence-electron chi connectivity index (χ4n) is 2.74. The maximum atomic E-state index is 12.2. The smallest absolute Gasteiger partial charge is 0.319 e. The lowest BCUT2D eigenvalue weighted by atomic mass is 10.1. The summed E-state index contributed by atoms with van der Waals surface area (Å²) in [6, 6.07) is 9.06. The van der Waals surface area contributed by atoms with Gasteiger partial charge in [0.25, 0.3) is 0 Å². The number of aromatic nitrogens is 1. The van der Waals surface area contributed by atoms with Crippen LogP contribution in [-0.2, 0) is 0 Å². The highest BCUT2D eigenvalue weighted by Crippen LogP contribution is 2.30. The number of halogens is 1. The average Bonchev–Trinajstić information content (AvgIpc) is 2.63. The van der Waals surface area contributed by atoms with Gasteiger partial charge in [-0.05, 0) is 42.8 Å². The van der Waals surface area contributed by atoms with Crippen LogP contribution in [0.25, 0.3) is 0 Å². The molecule has 2 amide bonds. The summed E-state index contributed by atoms with van der Waals surface area (Å²) in [5.41, 5.74) is 2.71. The number of carbonyl (C=O) groups excluding carboxylic acids is 1. The second kappa shape index (κ2) is 8.45. The van der Waals surface area contributed by atoms with E-state index in [2.05, 4.69) is 20.5 Å². The number of pyridine rings is 1. The zero-order chi connectivity index (χ0) is 17.6. The molecule has 0 spiro atoms. The number of amides is 2. The van der Waals surface area contributed by atoms with Gasteiger partial charge in [-0.25, -0.2) is 4.79 Å². The number of nitrogens with zero attached hydrogens (tertiary/aromatic N) is 2. The zero-order valence-electron chi connectivity index (χ0n) is 14.0. The van der Waals surface area contributed by atoms with Gasteiger partial charge in [0.15, 0.2) is 0 Å². The molecule has 5 nitrogen and oxygen atoms in total. The molecule has 1 unspecified atom stereocenters. The van der Waals surface area contributed by atoms with Gasteiger partial charge in [-0.15, -0.1) is 0 Å². The van der Waals surface area contributed by atoms with Crippen LogP contribution in [-0.4, -0.2) is 35.6 Å². The Hall–Kier alpha value is -1.92. The van der Waals surface area contributed by atoms with E-state index in [4.69, 9.17) is 11.6 Å². The molecule has 2 heterocycles. The lowest BCUT2D eigenvalue weighted by molar-refractivity contribution is 0.249. The Morgan fingerprint density at radius 3 is 2.64 bits per heavy atom. The molecule has 1 saturated heterocycles. The summed E-state index contributed by atoms with van der Waals surface area (Å²) in [5, 5.41) is 6.41. The first-order valence-corrected chi connectivity index (χ1v) is 9.76. The van der Waals surface area contributed by atoms with Gasteiger partial charge < -0.3 is 15.5 Å². The lowest BCUT2D eigenvalue weighted by Crippen LogP contribution is -2.33. The Balaban J connectivity index is 1.60. The van der Waals surface area contributed by atoms with E-state index in [-0.39, 0.29) is 12.1 Å². The van der Waals surface area contributed by atoms with Crippen LogP contribution in [0.15, 0.2) is 42.7 Å². The van der Waals surface area contributed by atoms with Gasteiger partial charge >= 0.3 is 6.03 Å². The first-order valence-electron chi connectivity index (χ1n) is 8.23. The van der Waals surface area contributed by atoms with Crippen molar-refractivity contribution in [3.8, 4) is 0 Å². The summed E-state index contributed by atoms with van der Waals surface area (Å²) >= 11 is 8.38. The molecule has 2 aromatic rings. The number of urea groups is 1. The fraction of sp³-hybridized carbons (Fsp3) is 0.333. The molecular weight excluding hydrogens is 356 g/mol. The van der Waals surface area contributed by atoms with Crippen molar-refractivity contribution in [2.24, 2.45) is 0 Å². The maximum Gasteiger partial charge on any atom is 0.319 e. The number of carbonyl (C=O) groups is 1. The van der Waals surface area contributed by atoms with Crippen LogP contribution in [0, 0.1) is 0 Å². The van der Waals surface area contributed by atoms with E-state index in [9.17, 15) is 4.79 Å². The Bertz CT molecular complexity index is 722. The SMILES string of the molecule is CC(NC(=O)Nc1ccc(N2CCSCC2)c(Cl)c1)c1ccncc1. The number of anilines is 2. The molecular formula is C18H21ClN4OS. The molecule has 0 saturated carbocycles. The third-order valence-corrected chi connectivity index (χ3v) is 5.36. The average molecular weight is 377 g/mol. The molecule has 1 aliphatic heterocycles. The van der Waals surface area contributed by atoms with Crippen molar-refractivity contribution in [2.45, 2.75) is 13.0 Å². The molecule has 0 bridgehead atoms. The molecule has 7 heteroatoms. The zero-order valence-corrected chi connectivity index (χ0v) is 15.6. The van der Waals surface area contributed by atoms with Gasteiger partial charge in [0.05, 0.1) is 16.8 Å². The second-order valence-electron chi connectivity index (χ2n) is 5.87. The van der Waals surface area contributed by atoms with Crippen LogP contribution in [0.3, 0.4) is 0 Å². The summed E-state index contributed by atoms with van der Waals surface area (Å²) in [5.74, 6) is 2.23. The van der Waals surface area contributed by atoms with Crippen molar-refractivity contribution >= 4 is 40.8 Å². The number of hydrogen-bond donors (Lipinski definition) is 2. The predicted molar refractivity (Wildman–Crippen MR) is 106 cm³/mol. The molecule has 132 valence electrons. The summed E-state index contributed by atoms with van der Waals surface area (Å²) in [4.78, 5) is 18.5. The van der Waals surface area contributed by atoms with Crippen molar-refractivity contribution in [3.63, 3.8) is 0 Å². The predicted octanol–water partition coefficient (Wildman–Crippen LogP) is 4.17. The summed E-state index contributed by atoms with van der Waals surface area (Å²) in [6.45, 7) is 3.93. The fourth-order valence-corrected chi connectivity index (χ4v) is 3.95. The molecule has 1 atom stereocenters. The van der Waals surface area contributed by atoms with E-state index in [0.29, 0.717) is 10.7 Å². The van der Waals surface area contributed by atoms with Gasteiger partial charge in [-0.1, -0.05) is 11.6 Å². The van der Waals surface area contributed by atoms with E-state index in [1.165, 1.54) is 0 Å². The molecule has 1 aromatic heterocycles. The third-order valence-electron chi connectivity index (χ3n) is 4.11. The van der Waals surface area contributed by atoms with E-state index < -0.39 is 0 Å². The molecule has 0 aliphatic carbocycles. The van der Waals surface area contributed by atoms with Crippen LogP contribution in [0.2, 0.25) is 5.02 Å². The molecule has 1 fully saturated rings. The van der Waals surface area contributed by atoms with Gasteiger partial charge in [0, 0.05) is 42.7 Å². The monoisotopic (exact) mass is 376 g/mol. The standard InChI is InChI=1S/C18H21ClN4OS/c1-13(14-4-6-20-7-5-14)21-18(24)22-15-2-3-17(16(19)12-15)23-8-10-25-11-9-23/h2-7,12-13H,8-11H2,1H3,(H2,21,22,24). The molecule has 2 N–H and O–H groups in total. The number of rotatable bonds is 4. The highest BCUT2D eigenvalue weighted by molar-refractivity contribution is 7.99. The van der Waals surface area contributed by atoms with Crippen molar-refractivity contribution in [1.29, 1.82) is 0 Å². The van der Waals surface area contributed by atoms with Crippen LogP contribution in [0.4, 0.5) is 16.2 Å². The largest absolute Gasteiger partial charge is 0.369 e. The normalized spacial score (nSPS) is 15.5. The van der Waals surface area contributed by atoms with Crippen molar-refractivity contribution in [2.75, 3.05) is 34.8 Å². The second-order valence-corrected chi connectivity index (χ2v) is 7.50.